The van der Waals surface area contributed by atoms with Crippen LogP contribution >= 0.6 is 11.6 Å². The summed E-state index contributed by atoms with van der Waals surface area (Å²) in [6.07, 6.45) is 3.28. The lowest BCUT2D eigenvalue weighted by molar-refractivity contribution is 0.453. The summed E-state index contributed by atoms with van der Waals surface area (Å²) in [6.45, 7) is 3.25. The van der Waals surface area contributed by atoms with Crippen LogP contribution in [0.15, 0.2) is 17.2 Å². The molecule has 1 aromatic rings. The molecule has 1 fully saturated rings. The third-order valence-electron chi connectivity index (χ3n) is 3.52. The fourth-order valence-corrected chi connectivity index (χ4v) is 4.07. The molecular weight excluding hydrogens is 286 g/mol. The minimum atomic E-state index is -3.47. The van der Waals surface area contributed by atoms with Gasteiger partial charge in [-0.15, -0.1) is 0 Å². The van der Waals surface area contributed by atoms with Crippen molar-refractivity contribution in [3.63, 3.8) is 0 Å². The molecule has 2 heterocycles. The van der Waals surface area contributed by atoms with E-state index in [2.05, 4.69) is 17.2 Å². The molecule has 1 N–H and O–H groups in total. The summed E-state index contributed by atoms with van der Waals surface area (Å²) in [5.41, 5.74) is 0. The molecule has 2 rings (SSSR count). The van der Waals surface area contributed by atoms with Crippen LogP contribution < -0.4 is 5.32 Å². The van der Waals surface area contributed by atoms with Gasteiger partial charge in [0, 0.05) is 26.3 Å². The number of hydrogen-bond acceptors (Lipinski definition) is 4. The van der Waals surface area contributed by atoms with Crippen LogP contribution in [0.25, 0.3) is 0 Å². The molecular formula is C12H18ClN3O2S. The maximum atomic E-state index is 12.5. The highest BCUT2D eigenvalue weighted by Gasteiger charge is 2.32. The second-order valence-corrected chi connectivity index (χ2v) is 7.02. The van der Waals surface area contributed by atoms with Crippen LogP contribution in [0.5, 0.6) is 0 Å². The Morgan fingerprint density at radius 1 is 1.58 bits per heavy atom. The largest absolute Gasteiger partial charge is 0.372 e. The van der Waals surface area contributed by atoms with E-state index in [4.69, 9.17) is 11.6 Å². The second-order valence-electron chi connectivity index (χ2n) is 4.68. The van der Waals surface area contributed by atoms with Gasteiger partial charge in [0.1, 0.15) is 10.7 Å². The predicted molar refractivity (Wildman–Crippen MR) is 76.0 cm³/mol. The van der Waals surface area contributed by atoms with Gasteiger partial charge in [0.05, 0.1) is 5.02 Å². The van der Waals surface area contributed by atoms with Gasteiger partial charge in [-0.25, -0.2) is 13.4 Å². The number of halogens is 1. The van der Waals surface area contributed by atoms with Gasteiger partial charge in [0.25, 0.3) is 0 Å². The van der Waals surface area contributed by atoms with Crippen molar-refractivity contribution >= 4 is 27.4 Å². The molecule has 1 saturated heterocycles. The van der Waals surface area contributed by atoms with E-state index in [-0.39, 0.29) is 4.90 Å². The number of hydrogen-bond donors (Lipinski definition) is 1. The highest BCUT2D eigenvalue weighted by Crippen LogP contribution is 2.28. The highest BCUT2D eigenvalue weighted by molar-refractivity contribution is 7.89. The van der Waals surface area contributed by atoms with Crippen molar-refractivity contribution in [1.29, 1.82) is 0 Å². The van der Waals surface area contributed by atoms with E-state index in [1.54, 1.807) is 7.05 Å². The fourth-order valence-electron chi connectivity index (χ4n) is 2.24. The van der Waals surface area contributed by atoms with Gasteiger partial charge < -0.3 is 5.32 Å². The Morgan fingerprint density at radius 2 is 2.32 bits per heavy atom. The molecule has 0 aliphatic carbocycles. The molecule has 1 aliphatic rings. The van der Waals surface area contributed by atoms with Crippen molar-refractivity contribution in [3.8, 4) is 0 Å². The molecule has 0 amide bonds. The van der Waals surface area contributed by atoms with Crippen LogP contribution in [0.4, 0.5) is 5.82 Å². The first-order chi connectivity index (χ1) is 8.98. The number of nitrogens with one attached hydrogen (secondary N) is 1. The molecule has 106 valence electrons. The zero-order chi connectivity index (χ0) is 14.0. The lowest BCUT2D eigenvalue weighted by atomic mass is 10.1. The average molecular weight is 304 g/mol. The maximum absolute atomic E-state index is 12.5. The lowest BCUT2D eigenvalue weighted by Gasteiger charge is -2.16. The third kappa shape index (κ3) is 2.85. The molecule has 0 radical (unpaired) electrons. The molecule has 0 spiro atoms. The van der Waals surface area contributed by atoms with Crippen molar-refractivity contribution in [2.45, 2.75) is 24.7 Å². The highest BCUT2D eigenvalue weighted by atomic mass is 35.5. The molecule has 1 aromatic heterocycles. The quantitative estimate of drug-likeness (QED) is 0.926. The van der Waals surface area contributed by atoms with Gasteiger partial charge in [0.15, 0.2) is 0 Å². The van der Waals surface area contributed by atoms with Crippen molar-refractivity contribution in [3.05, 3.63) is 17.3 Å². The summed E-state index contributed by atoms with van der Waals surface area (Å²) in [6, 6.07) is 1.45. The molecule has 1 unspecified atom stereocenters. The van der Waals surface area contributed by atoms with E-state index >= 15 is 0 Å². The van der Waals surface area contributed by atoms with Gasteiger partial charge in [-0.3, -0.25) is 0 Å². The smallest absolute Gasteiger partial charge is 0.244 e. The Labute approximate surface area is 119 Å². The van der Waals surface area contributed by atoms with Crippen LogP contribution in [-0.4, -0.2) is 37.8 Å². The van der Waals surface area contributed by atoms with Crippen LogP contribution in [0.2, 0.25) is 5.02 Å². The number of rotatable bonds is 4. The van der Waals surface area contributed by atoms with Crippen LogP contribution in [0.3, 0.4) is 0 Å². The van der Waals surface area contributed by atoms with E-state index in [1.165, 1.54) is 16.6 Å². The summed E-state index contributed by atoms with van der Waals surface area (Å²) in [5, 5.41) is 3.12. The first kappa shape index (κ1) is 14.6. The Hall–Kier alpha value is -0.850. The van der Waals surface area contributed by atoms with Crippen molar-refractivity contribution in [2.24, 2.45) is 5.92 Å². The predicted octanol–water partition coefficient (Wildman–Crippen LogP) is 2.20. The standard InChI is InChI=1S/C12H18ClN3O2S/c1-3-9-4-5-16(8-9)19(17,18)10-6-11(13)12(14-2)15-7-10/h6-7,9H,3-5,8H2,1-2H3,(H,14,15). The molecule has 0 bridgehead atoms. The number of sulfonamides is 1. The minimum Gasteiger partial charge on any atom is -0.372 e. The summed E-state index contributed by atoms with van der Waals surface area (Å²) in [4.78, 5) is 4.19. The normalized spacial score (nSPS) is 20.7. The first-order valence-electron chi connectivity index (χ1n) is 6.32. The van der Waals surface area contributed by atoms with Gasteiger partial charge >= 0.3 is 0 Å². The number of nitrogens with zero attached hydrogens (tertiary/aromatic N) is 2. The Balaban J connectivity index is 2.27. The van der Waals surface area contributed by atoms with E-state index in [0.717, 1.165) is 12.8 Å². The zero-order valence-corrected chi connectivity index (χ0v) is 12.6. The topological polar surface area (TPSA) is 62.3 Å². The zero-order valence-electron chi connectivity index (χ0n) is 11.1. The summed E-state index contributed by atoms with van der Waals surface area (Å²) >= 11 is 5.99. The summed E-state index contributed by atoms with van der Waals surface area (Å²) in [7, 11) is -1.78. The average Bonchev–Trinajstić information content (AvgIpc) is 2.88. The molecule has 1 atom stereocenters. The summed E-state index contributed by atoms with van der Waals surface area (Å²) in [5.74, 6) is 0.934. The SMILES string of the molecule is CCC1CCN(S(=O)(=O)c2cnc(NC)c(Cl)c2)C1. The lowest BCUT2D eigenvalue weighted by Crippen LogP contribution is -2.29. The molecule has 0 saturated carbocycles. The van der Waals surface area contributed by atoms with E-state index in [0.29, 0.717) is 29.8 Å². The Kier molecular flexibility index (Phi) is 4.32. The van der Waals surface area contributed by atoms with E-state index in [9.17, 15) is 8.42 Å². The molecule has 5 nitrogen and oxygen atoms in total. The van der Waals surface area contributed by atoms with Crippen LogP contribution in [0.1, 0.15) is 19.8 Å². The van der Waals surface area contributed by atoms with Gasteiger partial charge in [-0.1, -0.05) is 24.9 Å². The number of pyridine rings is 1. The molecule has 19 heavy (non-hydrogen) atoms. The molecule has 1 aliphatic heterocycles. The van der Waals surface area contributed by atoms with Crippen molar-refractivity contribution in [1.82, 2.24) is 9.29 Å². The fraction of sp³-hybridized carbons (Fsp3) is 0.583. The number of anilines is 1. The summed E-state index contributed by atoms with van der Waals surface area (Å²) < 4.78 is 26.4. The Morgan fingerprint density at radius 3 is 2.84 bits per heavy atom. The maximum Gasteiger partial charge on any atom is 0.244 e. The minimum absolute atomic E-state index is 0.160. The number of aromatic nitrogens is 1. The second kappa shape index (κ2) is 5.64. The monoisotopic (exact) mass is 303 g/mol. The first-order valence-corrected chi connectivity index (χ1v) is 8.14. The Bertz CT molecular complexity index is 562. The van der Waals surface area contributed by atoms with Gasteiger partial charge in [-0.2, -0.15) is 4.31 Å². The van der Waals surface area contributed by atoms with E-state index in [1.807, 2.05) is 0 Å². The van der Waals surface area contributed by atoms with E-state index < -0.39 is 10.0 Å². The molecule has 7 heteroatoms. The third-order valence-corrected chi connectivity index (χ3v) is 5.64. The van der Waals surface area contributed by atoms with Crippen molar-refractivity contribution < 1.29 is 8.42 Å². The molecule has 0 aromatic carbocycles. The van der Waals surface area contributed by atoms with Crippen LogP contribution in [-0.2, 0) is 10.0 Å². The van der Waals surface area contributed by atoms with Crippen LogP contribution in [0, 0.1) is 5.92 Å². The van der Waals surface area contributed by atoms with Gasteiger partial charge in [-0.05, 0) is 18.4 Å². The van der Waals surface area contributed by atoms with Gasteiger partial charge in [0.2, 0.25) is 10.0 Å². The van der Waals surface area contributed by atoms with Crippen molar-refractivity contribution in [2.75, 3.05) is 25.5 Å².